The van der Waals surface area contributed by atoms with Gasteiger partial charge in [-0.3, -0.25) is 4.79 Å². The van der Waals surface area contributed by atoms with Crippen molar-refractivity contribution in [1.82, 2.24) is 10.2 Å². The van der Waals surface area contributed by atoms with Crippen molar-refractivity contribution >= 4 is 29.4 Å². The molecule has 0 spiro atoms. The van der Waals surface area contributed by atoms with Gasteiger partial charge in [0.1, 0.15) is 5.60 Å². The summed E-state index contributed by atoms with van der Waals surface area (Å²) in [5.74, 6) is -1.43. The standard InChI is InChI=1S/C20H26F3N3O3S/c1-19(2,3)29-18(28)26-7-6-14(13(10-26)20(21,22)23)24-9-12-4-5-16-15(8-12)25-17(27)11-30-16/h4-5,8,13-14,24H,6-7,9-11H2,1-3H3,(H,25,27)/t13-,14+/m1/s1. The van der Waals surface area contributed by atoms with Crippen molar-refractivity contribution in [2.24, 2.45) is 5.92 Å². The minimum atomic E-state index is -4.45. The highest BCUT2D eigenvalue weighted by molar-refractivity contribution is 8.00. The van der Waals surface area contributed by atoms with Crippen LogP contribution >= 0.6 is 11.8 Å². The second kappa shape index (κ2) is 8.66. The Morgan fingerprint density at radius 3 is 2.73 bits per heavy atom. The maximum absolute atomic E-state index is 13.7. The van der Waals surface area contributed by atoms with Gasteiger partial charge in [0.05, 0.1) is 17.4 Å². The van der Waals surface area contributed by atoms with Gasteiger partial charge in [-0.1, -0.05) is 6.07 Å². The van der Waals surface area contributed by atoms with Crippen LogP contribution in [-0.4, -0.2) is 53.6 Å². The Kier molecular flexibility index (Phi) is 6.57. The molecule has 30 heavy (non-hydrogen) atoms. The number of hydrogen-bond acceptors (Lipinski definition) is 5. The molecule has 10 heteroatoms. The molecule has 166 valence electrons. The van der Waals surface area contributed by atoms with Gasteiger partial charge in [-0.15, -0.1) is 11.8 Å². The van der Waals surface area contributed by atoms with Crippen molar-refractivity contribution in [3.63, 3.8) is 0 Å². The molecule has 0 unspecified atom stereocenters. The maximum atomic E-state index is 13.7. The van der Waals surface area contributed by atoms with Crippen molar-refractivity contribution in [2.45, 2.75) is 56.5 Å². The smallest absolute Gasteiger partial charge is 0.410 e. The lowest BCUT2D eigenvalue weighted by atomic mass is 9.91. The van der Waals surface area contributed by atoms with Crippen molar-refractivity contribution in [1.29, 1.82) is 0 Å². The summed E-state index contributed by atoms with van der Waals surface area (Å²) in [6, 6.07) is 4.67. The number of anilines is 1. The van der Waals surface area contributed by atoms with E-state index in [9.17, 15) is 22.8 Å². The van der Waals surface area contributed by atoms with Crippen LogP contribution in [0.2, 0.25) is 0 Å². The fourth-order valence-electron chi connectivity index (χ4n) is 3.51. The molecular weight excluding hydrogens is 419 g/mol. The van der Waals surface area contributed by atoms with E-state index >= 15 is 0 Å². The summed E-state index contributed by atoms with van der Waals surface area (Å²) in [6.07, 6.45) is -5.00. The highest BCUT2D eigenvalue weighted by atomic mass is 32.2. The van der Waals surface area contributed by atoms with E-state index in [0.29, 0.717) is 11.4 Å². The van der Waals surface area contributed by atoms with Gasteiger partial charge >= 0.3 is 12.3 Å². The molecular formula is C20H26F3N3O3S. The van der Waals surface area contributed by atoms with Crippen LogP contribution in [0.15, 0.2) is 23.1 Å². The summed E-state index contributed by atoms with van der Waals surface area (Å²) in [5, 5.41) is 5.78. The lowest BCUT2D eigenvalue weighted by molar-refractivity contribution is -0.192. The van der Waals surface area contributed by atoms with Crippen LogP contribution in [0.4, 0.5) is 23.7 Å². The third-order valence-electron chi connectivity index (χ3n) is 4.93. The highest BCUT2D eigenvalue weighted by Crippen LogP contribution is 2.35. The van der Waals surface area contributed by atoms with Crippen molar-refractivity contribution < 1.29 is 27.5 Å². The van der Waals surface area contributed by atoms with Gasteiger partial charge in [-0.05, 0) is 44.9 Å². The number of piperidine rings is 1. The summed E-state index contributed by atoms with van der Waals surface area (Å²) in [5.41, 5.74) is 0.704. The summed E-state index contributed by atoms with van der Waals surface area (Å²) < 4.78 is 46.3. The molecule has 2 aliphatic rings. The van der Waals surface area contributed by atoms with Gasteiger partial charge < -0.3 is 20.3 Å². The second-order valence-corrected chi connectivity index (χ2v) is 9.54. The molecule has 0 bridgehead atoms. The number of carbonyl (C=O) groups is 2. The zero-order valence-electron chi connectivity index (χ0n) is 17.1. The first kappa shape index (κ1) is 22.7. The minimum absolute atomic E-state index is 0.0933. The van der Waals surface area contributed by atoms with Gasteiger partial charge in [-0.25, -0.2) is 4.79 Å². The minimum Gasteiger partial charge on any atom is -0.444 e. The summed E-state index contributed by atoms with van der Waals surface area (Å²) in [7, 11) is 0. The summed E-state index contributed by atoms with van der Waals surface area (Å²) in [6.45, 7) is 5.03. The molecule has 1 saturated heterocycles. The van der Waals surface area contributed by atoms with Crippen LogP contribution in [0.1, 0.15) is 32.8 Å². The zero-order chi connectivity index (χ0) is 22.1. The molecule has 0 aromatic heterocycles. The zero-order valence-corrected chi connectivity index (χ0v) is 18.0. The topological polar surface area (TPSA) is 70.7 Å². The highest BCUT2D eigenvalue weighted by Gasteiger charge is 2.48. The number of alkyl halides is 3. The normalized spacial score (nSPS) is 22.3. The first-order valence-electron chi connectivity index (χ1n) is 9.76. The molecule has 1 aromatic rings. The number of carbonyl (C=O) groups excluding carboxylic acids is 2. The van der Waals surface area contributed by atoms with E-state index in [1.807, 2.05) is 12.1 Å². The second-order valence-electron chi connectivity index (χ2n) is 8.52. The van der Waals surface area contributed by atoms with E-state index < -0.39 is 36.4 Å². The monoisotopic (exact) mass is 445 g/mol. The van der Waals surface area contributed by atoms with E-state index in [4.69, 9.17) is 4.74 Å². The molecule has 2 heterocycles. The van der Waals surface area contributed by atoms with Gasteiger partial charge in [-0.2, -0.15) is 13.2 Å². The Bertz CT molecular complexity index is 811. The van der Waals surface area contributed by atoms with Crippen LogP contribution < -0.4 is 10.6 Å². The average molecular weight is 446 g/mol. The molecule has 0 saturated carbocycles. The summed E-state index contributed by atoms with van der Waals surface area (Å²) >= 11 is 1.43. The predicted molar refractivity (Wildman–Crippen MR) is 108 cm³/mol. The number of benzene rings is 1. The Morgan fingerprint density at radius 1 is 1.33 bits per heavy atom. The van der Waals surface area contributed by atoms with E-state index in [-0.39, 0.29) is 25.4 Å². The predicted octanol–water partition coefficient (Wildman–Crippen LogP) is 4.01. The van der Waals surface area contributed by atoms with Crippen molar-refractivity contribution in [2.75, 3.05) is 24.2 Å². The quantitative estimate of drug-likeness (QED) is 0.736. The number of hydrogen-bond donors (Lipinski definition) is 2. The number of nitrogens with zero attached hydrogens (tertiary/aromatic N) is 1. The fraction of sp³-hybridized carbons (Fsp3) is 0.600. The van der Waals surface area contributed by atoms with Crippen LogP contribution in [0, 0.1) is 5.92 Å². The molecule has 3 rings (SSSR count). The molecule has 2 atom stereocenters. The van der Waals surface area contributed by atoms with E-state index in [1.54, 1.807) is 26.8 Å². The molecule has 6 nitrogen and oxygen atoms in total. The first-order valence-corrected chi connectivity index (χ1v) is 10.7. The number of fused-ring (bicyclic) bond motifs is 1. The van der Waals surface area contributed by atoms with Gasteiger partial charge in [0, 0.05) is 30.6 Å². The largest absolute Gasteiger partial charge is 0.444 e. The Morgan fingerprint density at radius 2 is 2.07 bits per heavy atom. The van der Waals surface area contributed by atoms with E-state index in [2.05, 4.69) is 10.6 Å². The SMILES string of the molecule is CC(C)(C)OC(=O)N1CC[C@H](NCc2ccc3c(c2)NC(=O)CS3)[C@H](C(F)(F)F)C1. The first-order chi connectivity index (χ1) is 13.9. The Labute approximate surface area is 177 Å². The number of amides is 2. The molecule has 0 aliphatic carbocycles. The average Bonchev–Trinajstić information content (AvgIpc) is 2.63. The van der Waals surface area contributed by atoms with Crippen molar-refractivity contribution in [3.05, 3.63) is 23.8 Å². The third-order valence-corrected chi connectivity index (χ3v) is 6.00. The van der Waals surface area contributed by atoms with E-state index in [1.165, 1.54) is 11.8 Å². The number of halogens is 3. The third kappa shape index (κ3) is 5.81. The lowest BCUT2D eigenvalue weighted by Crippen LogP contribution is -2.56. The van der Waals surface area contributed by atoms with Gasteiger partial charge in [0.15, 0.2) is 0 Å². The molecule has 1 aromatic carbocycles. The molecule has 2 aliphatic heterocycles. The molecule has 0 radical (unpaired) electrons. The maximum Gasteiger partial charge on any atom is 0.410 e. The molecule has 2 amide bonds. The van der Waals surface area contributed by atoms with Crippen LogP contribution in [-0.2, 0) is 16.1 Å². The Hall–Kier alpha value is -1.94. The number of nitrogens with one attached hydrogen (secondary N) is 2. The molecule has 2 N–H and O–H groups in total. The van der Waals surface area contributed by atoms with Crippen LogP contribution in [0.5, 0.6) is 0 Å². The number of rotatable bonds is 3. The number of likely N-dealkylation sites (tertiary alicyclic amines) is 1. The number of thioether (sulfide) groups is 1. The summed E-state index contributed by atoms with van der Waals surface area (Å²) in [4.78, 5) is 25.8. The Balaban J connectivity index is 1.65. The van der Waals surface area contributed by atoms with E-state index in [0.717, 1.165) is 15.4 Å². The fourth-order valence-corrected chi connectivity index (χ4v) is 4.30. The van der Waals surface area contributed by atoms with Crippen molar-refractivity contribution in [3.8, 4) is 0 Å². The van der Waals surface area contributed by atoms with Crippen LogP contribution in [0.25, 0.3) is 0 Å². The van der Waals surface area contributed by atoms with Gasteiger partial charge in [0.25, 0.3) is 0 Å². The number of ether oxygens (including phenoxy) is 1. The van der Waals surface area contributed by atoms with Crippen LogP contribution in [0.3, 0.4) is 0 Å². The van der Waals surface area contributed by atoms with Gasteiger partial charge in [0.2, 0.25) is 5.91 Å². The lowest BCUT2D eigenvalue weighted by Gasteiger charge is -2.40. The molecule has 1 fully saturated rings.